The summed E-state index contributed by atoms with van der Waals surface area (Å²) < 4.78 is 11.2. The summed E-state index contributed by atoms with van der Waals surface area (Å²) in [5.74, 6) is 2.19. The minimum atomic E-state index is -1.50. The van der Waals surface area contributed by atoms with Gasteiger partial charge in [-0.1, -0.05) is 36.8 Å². The van der Waals surface area contributed by atoms with Crippen LogP contribution >= 0.6 is 0 Å². The van der Waals surface area contributed by atoms with Gasteiger partial charge in [0.25, 0.3) is 0 Å². The van der Waals surface area contributed by atoms with Crippen LogP contribution in [0.25, 0.3) is 11.1 Å². The van der Waals surface area contributed by atoms with Crippen molar-refractivity contribution in [1.82, 2.24) is 0 Å². The van der Waals surface area contributed by atoms with Crippen LogP contribution in [0, 0.1) is 12.1 Å². The molecule has 30 heavy (non-hydrogen) atoms. The summed E-state index contributed by atoms with van der Waals surface area (Å²) in [5.41, 5.74) is 5.51. The molecule has 0 saturated carbocycles. The Morgan fingerprint density at radius 1 is 1.03 bits per heavy atom. The van der Waals surface area contributed by atoms with E-state index in [-0.39, 0.29) is 51.0 Å². The second-order valence-corrected chi connectivity index (χ2v) is 12.2. The van der Waals surface area contributed by atoms with Gasteiger partial charge < -0.3 is 34.0 Å². The molecule has 0 saturated heterocycles. The maximum atomic E-state index is 5.84. The van der Waals surface area contributed by atoms with Crippen LogP contribution in [-0.4, -0.2) is 14.9 Å². The van der Waals surface area contributed by atoms with E-state index < -0.39 is 8.32 Å². The van der Waals surface area contributed by atoms with Crippen molar-refractivity contribution < 1.29 is 60.2 Å². The second kappa shape index (κ2) is 12.9. The molecular formula is C24H28Cl2O2SiZr. The molecule has 0 N–H and O–H groups in total. The van der Waals surface area contributed by atoms with Gasteiger partial charge in [-0.3, -0.25) is 0 Å². The molecule has 1 atom stereocenters. The fourth-order valence-electron chi connectivity index (χ4n) is 3.42. The largest absolute Gasteiger partial charge is 4.00 e. The molecule has 2 aliphatic carbocycles. The molecule has 6 heteroatoms. The molecular weight excluding hydrogens is 510 g/mol. The SMILES string of the molecule is CC1c2[c-]cccc2-c2ccccc21.CCOC1=[C-]CC=C1O[Si](C)(C)C.[Cl-].[Cl-].[Zr+4]. The van der Waals surface area contributed by atoms with Crippen LogP contribution in [0.1, 0.15) is 37.3 Å². The molecule has 2 aliphatic rings. The summed E-state index contributed by atoms with van der Waals surface area (Å²) in [5, 5.41) is 0. The molecule has 2 aromatic rings. The van der Waals surface area contributed by atoms with Crippen molar-refractivity contribution in [2.45, 2.75) is 45.8 Å². The predicted octanol–water partition coefficient (Wildman–Crippen LogP) is 0.474. The normalized spacial score (nSPS) is 15.4. The molecule has 4 rings (SSSR count). The molecule has 0 aliphatic heterocycles. The average molecular weight is 539 g/mol. The topological polar surface area (TPSA) is 18.5 Å². The molecule has 158 valence electrons. The molecule has 2 aromatic carbocycles. The van der Waals surface area contributed by atoms with Crippen molar-refractivity contribution in [3.63, 3.8) is 0 Å². The van der Waals surface area contributed by atoms with Gasteiger partial charge in [-0.2, -0.15) is 24.3 Å². The molecule has 2 nitrogen and oxygen atoms in total. The Morgan fingerprint density at radius 3 is 2.37 bits per heavy atom. The van der Waals surface area contributed by atoms with Crippen LogP contribution in [0.3, 0.4) is 0 Å². The van der Waals surface area contributed by atoms with E-state index in [1.165, 1.54) is 22.3 Å². The summed E-state index contributed by atoms with van der Waals surface area (Å²) in [7, 11) is -1.50. The molecule has 0 amide bonds. The molecule has 0 spiro atoms. The third-order valence-corrected chi connectivity index (χ3v) is 5.35. The predicted molar refractivity (Wildman–Crippen MR) is 114 cm³/mol. The Bertz CT molecular complexity index is 830. The minimum Gasteiger partial charge on any atom is -1.00 e. The Balaban J connectivity index is 0.000000512. The summed E-state index contributed by atoms with van der Waals surface area (Å²) in [4.78, 5) is 0. The van der Waals surface area contributed by atoms with Gasteiger partial charge in [0.2, 0.25) is 8.32 Å². The van der Waals surface area contributed by atoms with Gasteiger partial charge in [-0.25, -0.2) is 6.08 Å². The zero-order chi connectivity index (χ0) is 19.4. The Hall–Kier alpha value is -0.800. The molecule has 0 heterocycles. The fraction of sp³-hybridized carbons (Fsp3) is 0.333. The first-order valence-electron chi connectivity index (χ1n) is 9.63. The number of rotatable bonds is 4. The van der Waals surface area contributed by atoms with Crippen molar-refractivity contribution >= 4 is 8.32 Å². The zero-order valence-electron chi connectivity index (χ0n) is 18.2. The number of fused-ring (bicyclic) bond motifs is 3. The van der Waals surface area contributed by atoms with Gasteiger partial charge in [0.15, 0.2) is 0 Å². The number of allylic oxidation sites excluding steroid dienone is 2. The second-order valence-electron chi connectivity index (χ2n) is 7.73. The van der Waals surface area contributed by atoms with Crippen LogP contribution in [0.15, 0.2) is 60.1 Å². The smallest absolute Gasteiger partial charge is 1.00 e. The zero-order valence-corrected chi connectivity index (χ0v) is 23.2. The quantitative estimate of drug-likeness (QED) is 0.417. The summed E-state index contributed by atoms with van der Waals surface area (Å²) >= 11 is 0. The van der Waals surface area contributed by atoms with E-state index in [1.54, 1.807) is 0 Å². The first-order valence-corrected chi connectivity index (χ1v) is 13.0. The van der Waals surface area contributed by atoms with Crippen LogP contribution in [-0.2, 0) is 35.4 Å². The molecule has 0 bridgehead atoms. The Kier molecular flexibility index (Phi) is 12.6. The van der Waals surface area contributed by atoms with E-state index in [2.05, 4.69) is 75.1 Å². The monoisotopic (exact) mass is 536 g/mol. The Morgan fingerprint density at radius 2 is 1.70 bits per heavy atom. The van der Waals surface area contributed by atoms with Gasteiger partial charge in [0.1, 0.15) is 0 Å². The van der Waals surface area contributed by atoms with Crippen molar-refractivity contribution in [2.24, 2.45) is 0 Å². The molecule has 1 unspecified atom stereocenters. The van der Waals surface area contributed by atoms with Crippen LogP contribution in [0.2, 0.25) is 19.6 Å². The summed E-state index contributed by atoms with van der Waals surface area (Å²) in [6.45, 7) is 11.4. The maximum Gasteiger partial charge on any atom is 4.00 e. The summed E-state index contributed by atoms with van der Waals surface area (Å²) in [6, 6.07) is 18.2. The minimum absolute atomic E-state index is 0. The first-order chi connectivity index (χ1) is 12.9. The van der Waals surface area contributed by atoms with Gasteiger partial charge in [-0.05, 0) is 49.6 Å². The number of halogens is 2. The molecule has 0 fully saturated rings. The fourth-order valence-corrected chi connectivity index (χ4v) is 4.25. The van der Waals surface area contributed by atoms with E-state index in [0.717, 1.165) is 17.9 Å². The van der Waals surface area contributed by atoms with E-state index >= 15 is 0 Å². The average Bonchev–Trinajstić information content (AvgIpc) is 3.18. The molecule has 0 radical (unpaired) electrons. The maximum absolute atomic E-state index is 5.84. The van der Waals surface area contributed by atoms with E-state index in [9.17, 15) is 0 Å². The van der Waals surface area contributed by atoms with Gasteiger partial charge in [0, 0.05) is 0 Å². The van der Waals surface area contributed by atoms with Crippen molar-refractivity contribution in [1.29, 1.82) is 0 Å². The van der Waals surface area contributed by atoms with Gasteiger partial charge in [-0.15, -0.1) is 23.6 Å². The third-order valence-electron chi connectivity index (χ3n) is 4.52. The van der Waals surface area contributed by atoms with Crippen molar-refractivity contribution in [2.75, 3.05) is 6.61 Å². The van der Waals surface area contributed by atoms with Crippen LogP contribution < -0.4 is 24.8 Å². The van der Waals surface area contributed by atoms with E-state index in [1.807, 2.05) is 19.1 Å². The molecule has 0 aromatic heterocycles. The standard InChI is InChI=1S/C14H11.C10H17O2Si.2ClH.Zr/c1-10-11-6-2-4-8-13(11)14-9-5-3-7-12(10)14;1-5-11-9-7-6-8-10(9)12-13(2,3)4;;;/h2-6,8-10H,1H3;8H,5-6H2,1-4H3;2*1H;/q2*-1;;;+4/p-2. The summed E-state index contributed by atoms with van der Waals surface area (Å²) in [6.07, 6.45) is 5.97. The van der Waals surface area contributed by atoms with Gasteiger partial charge in [0.05, 0.1) is 6.61 Å². The number of ether oxygens (including phenoxy) is 1. The number of hydrogen-bond acceptors (Lipinski definition) is 2. The first kappa shape index (κ1) is 29.2. The van der Waals surface area contributed by atoms with Crippen molar-refractivity contribution in [3.8, 4) is 11.1 Å². The van der Waals surface area contributed by atoms with Crippen molar-refractivity contribution in [3.05, 3.63) is 83.3 Å². The van der Waals surface area contributed by atoms with Gasteiger partial charge >= 0.3 is 26.2 Å². The Labute approximate surface area is 214 Å². The number of hydrogen-bond donors (Lipinski definition) is 0. The van der Waals surface area contributed by atoms with E-state index in [0.29, 0.717) is 12.5 Å². The van der Waals surface area contributed by atoms with Crippen LogP contribution in [0.5, 0.6) is 0 Å². The van der Waals surface area contributed by atoms with E-state index in [4.69, 9.17) is 9.16 Å². The third kappa shape index (κ3) is 7.12. The van der Waals surface area contributed by atoms with Crippen LogP contribution in [0.4, 0.5) is 0 Å². The number of benzene rings is 2.